The highest BCUT2D eigenvalue weighted by Crippen LogP contribution is 2.62. The monoisotopic (exact) mass is 296 g/mol. The number of phenols is 1. The van der Waals surface area contributed by atoms with Gasteiger partial charge >= 0.3 is 0 Å². The van der Waals surface area contributed by atoms with Gasteiger partial charge in [-0.25, -0.2) is 0 Å². The molecule has 4 rings (SSSR count). The van der Waals surface area contributed by atoms with E-state index in [2.05, 4.69) is 18.9 Å². The van der Waals surface area contributed by atoms with Gasteiger partial charge in [-0.3, -0.25) is 0 Å². The van der Waals surface area contributed by atoms with Crippen molar-refractivity contribution >= 4 is 0 Å². The minimum absolute atomic E-state index is 0.00732. The second-order valence-electron chi connectivity index (χ2n) is 7.80. The Balaban J connectivity index is 1.71. The molecule has 0 aromatic heterocycles. The number of phenolic OH excluding ortho intramolecular Hbond substituents is 1. The number of rotatable bonds is 0. The number of benzene rings is 1. The van der Waals surface area contributed by atoms with Crippen LogP contribution in [0.2, 0.25) is 0 Å². The smallest absolute Gasteiger partial charge is 0.115 e. The lowest BCUT2D eigenvalue weighted by Crippen LogP contribution is -2.44. The van der Waals surface area contributed by atoms with Crippen LogP contribution in [-0.2, 0) is 6.42 Å². The molecule has 2 N–H and O–H groups in total. The van der Waals surface area contributed by atoms with Gasteiger partial charge in [0.2, 0.25) is 0 Å². The van der Waals surface area contributed by atoms with Crippen LogP contribution in [0.3, 0.4) is 0 Å². The zero-order valence-corrected chi connectivity index (χ0v) is 13.1. The van der Waals surface area contributed by atoms with Crippen molar-refractivity contribution < 1.29 is 10.2 Å². The number of hydrogen-bond acceptors (Lipinski definition) is 2. The van der Waals surface area contributed by atoms with E-state index >= 15 is 0 Å². The first kappa shape index (κ1) is 14.2. The van der Waals surface area contributed by atoms with E-state index in [1.807, 2.05) is 12.1 Å². The van der Waals surface area contributed by atoms with Gasteiger partial charge in [-0.1, -0.05) is 13.0 Å². The van der Waals surface area contributed by atoms with Crippen molar-refractivity contribution in [3.05, 3.63) is 29.3 Å². The number of fused-ring (bicyclic) bond motifs is 5. The Morgan fingerprint density at radius 3 is 2.91 bits per heavy atom. The number of aryl methyl sites for hydroxylation is 1. The summed E-state index contributed by atoms with van der Waals surface area (Å²) in [5.74, 6) is 4.97. The topological polar surface area (TPSA) is 40.5 Å². The molecule has 116 valence electrons. The zero-order chi connectivity index (χ0) is 15.5. The number of hydrogen-bond donors (Lipinski definition) is 2. The molecule has 0 radical (unpaired) electrons. The van der Waals surface area contributed by atoms with Crippen molar-refractivity contribution in [1.82, 2.24) is 0 Å². The second-order valence-corrected chi connectivity index (χ2v) is 7.80. The zero-order valence-electron chi connectivity index (χ0n) is 13.1. The van der Waals surface area contributed by atoms with Crippen molar-refractivity contribution in [3.63, 3.8) is 0 Å². The fraction of sp³-hybridized carbons (Fsp3) is 0.600. The van der Waals surface area contributed by atoms with Crippen LogP contribution >= 0.6 is 0 Å². The molecule has 22 heavy (non-hydrogen) atoms. The number of aliphatic hydroxyl groups is 1. The summed E-state index contributed by atoms with van der Waals surface area (Å²) in [6.45, 7) is 2.25. The van der Waals surface area contributed by atoms with E-state index in [0.717, 1.165) is 32.1 Å². The van der Waals surface area contributed by atoms with Crippen LogP contribution in [-0.4, -0.2) is 16.3 Å². The van der Waals surface area contributed by atoms with Crippen LogP contribution in [0.25, 0.3) is 0 Å². The summed E-state index contributed by atoms with van der Waals surface area (Å²) in [7, 11) is 0. The van der Waals surface area contributed by atoms with E-state index in [1.165, 1.54) is 11.1 Å². The first-order chi connectivity index (χ1) is 10.5. The molecule has 5 unspecified atom stereocenters. The van der Waals surface area contributed by atoms with Gasteiger partial charge in [0.15, 0.2) is 0 Å². The first-order valence-corrected chi connectivity index (χ1v) is 8.50. The fourth-order valence-corrected chi connectivity index (χ4v) is 5.75. The van der Waals surface area contributed by atoms with Crippen molar-refractivity contribution in [2.75, 3.05) is 0 Å². The van der Waals surface area contributed by atoms with Gasteiger partial charge in [0.25, 0.3) is 0 Å². The summed E-state index contributed by atoms with van der Waals surface area (Å²) in [4.78, 5) is 0. The standard InChI is InChI=1S/C20H24O2/c1-3-12-11-18-17-6-4-13-10-14(21)5-7-15(13)16(17)8-9-20(18,2)19(12)22/h1,5,7,10,12,16-19,21-22H,4,6,8-9,11H2,2H3/t12?,16?,17?,18?,19-,20?/m0/s1. The molecular formula is C20H24O2. The highest BCUT2D eigenvalue weighted by Gasteiger charge is 2.57. The van der Waals surface area contributed by atoms with Crippen molar-refractivity contribution in [3.8, 4) is 18.1 Å². The maximum absolute atomic E-state index is 10.7. The van der Waals surface area contributed by atoms with E-state index < -0.39 is 0 Å². The molecule has 0 saturated heterocycles. The van der Waals surface area contributed by atoms with Crippen LogP contribution in [0.1, 0.15) is 49.7 Å². The SMILES string of the molecule is C#CC1CC2C3CCc4cc(O)ccc4C3CCC2(C)[C@H]1O. The summed E-state index contributed by atoms with van der Waals surface area (Å²) in [6.07, 6.45) is 10.7. The van der Waals surface area contributed by atoms with E-state index in [-0.39, 0.29) is 17.4 Å². The molecule has 2 fully saturated rings. The Morgan fingerprint density at radius 2 is 2.14 bits per heavy atom. The first-order valence-electron chi connectivity index (χ1n) is 8.50. The van der Waals surface area contributed by atoms with Crippen molar-refractivity contribution in [2.45, 2.75) is 51.0 Å². The largest absolute Gasteiger partial charge is 0.508 e. The summed E-state index contributed by atoms with van der Waals surface area (Å²) in [5.41, 5.74) is 2.73. The highest BCUT2D eigenvalue weighted by atomic mass is 16.3. The number of aromatic hydroxyl groups is 1. The van der Waals surface area contributed by atoms with Gasteiger partial charge in [0.05, 0.1) is 6.10 Å². The molecule has 1 aromatic carbocycles. The molecule has 6 atom stereocenters. The van der Waals surface area contributed by atoms with E-state index in [4.69, 9.17) is 6.42 Å². The Bertz CT molecular complexity index is 644. The van der Waals surface area contributed by atoms with E-state index in [9.17, 15) is 10.2 Å². The molecular weight excluding hydrogens is 272 g/mol. The van der Waals surface area contributed by atoms with Crippen LogP contribution in [0.4, 0.5) is 0 Å². The summed E-state index contributed by atoms with van der Waals surface area (Å²) < 4.78 is 0. The Hall–Kier alpha value is -1.46. The molecule has 2 nitrogen and oxygen atoms in total. The van der Waals surface area contributed by atoms with Gasteiger partial charge in [-0.15, -0.1) is 12.3 Å². The lowest BCUT2D eigenvalue weighted by molar-refractivity contribution is -0.0278. The quantitative estimate of drug-likeness (QED) is 0.720. The van der Waals surface area contributed by atoms with Gasteiger partial charge in [-0.2, -0.15) is 0 Å². The maximum Gasteiger partial charge on any atom is 0.115 e. The summed E-state index contributed by atoms with van der Waals surface area (Å²) in [6, 6.07) is 5.88. The van der Waals surface area contributed by atoms with Gasteiger partial charge in [0, 0.05) is 5.92 Å². The third-order valence-corrected chi connectivity index (χ3v) is 6.93. The number of aliphatic hydroxyl groups excluding tert-OH is 1. The fourth-order valence-electron chi connectivity index (χ4n) is 5.75. The minimum atomic E-state index is -0.343. The lowest BCUT2D eigenvalue weighted by Gasteiger charge is -2.50. The maximum atomic E-state index is 10.7. The minimum Gasteiger partial charge on any atom is -0.508 e. The molecule has 3 aliphatic carbocycles. The lowest BCUT2D eigenvalue weighted by atomic mass is 9.55. The second kappa shape index (κ2) is 4.77. The van der Waals surface area contributed by atoms with Gasteiger partial charge in [-0.05, 0) is 78.5 Å². The summed E-state index contributed by atoms with van der Waals surface area (Å²) in [5, 5.41) is 20.4. The van der Waals surface area contributed by atoms with Crippen LogP contribution in [0.5, 0.6) is 5.75 Å². The normalized spacial score (nSPS) is 42.9. The predicted molar refractivity (Wildman–Crippen MR) is 86.4 cm³/mol. The molecule has 0 bridgehead atoms. The highest BCUT2D eigenvalue weighted by molar-refractivity contribution is 5.40. The van der Waals surface area contributed by atoms with E-state index in [0.29, 0.717) is 23.5 Å². The molecule has 2 saturated carbocycles. The number of terminal acetylenes is 1. The van der Waals surface area contributed by atoms with Gasteiger partial charge in [0.1, 0.15) is 5.75 Å². The Labute approximate surface area is 132 Å². The molecule has 0 amide bonds. The van der Waals surface area contributed by atoms with Crippen molar-refractivity contribution in [1.29, 1.82) is 0 Å². The molecule has 0 heterocycles. The van der Waals surface area contributed by atoms with Crippen molar-refractivity contribution in [2.24, 2.45) is 23.2 Å². The average Bonchev–Trinajstić information content (AvgIpc) is 2.78. The third-order valence-electron chi connectivity index (χ3n) is 6.93. The molecule has 2 heteroatoms. The molecule has 0 spiro atoms. The van der Waals surface area contributed by atoms with E-state index in [1.54, 1.807) is 0 Å². The predicted octanol–water partition coefficient (Wildman–Crippen LogP) is 3.47. The van der Waals surface area contributed by atoms with Gasteiger partial charge < -0.3 is 10.2 Å². The Kier molecular flexibility index (Phi) is 3.07. The van der Waals surface area contributed by atoms with Crippen LogP contribution in [0.15, 0.2) is 18.2 Å². The average molecular weight is 296 g/mol. The Morgan fingerprint density at radius 1 is 1.32 bits per heavy atom. The molecule has 3 aliphatic rings. The van der Waals surface area contributed by atoms with Crippen LogP contribution < -0.4 is 0 Å². The summed E-state index contributed by atoms with van der Waals surface area (Å²) >= 11 is 0. The molecule has 0 aliphatic heterocycles. The third kappa shape index (κ3) is 1.78. The molecule has 1 aromatic rings. The van der Waals surface area contributed by atoms with Crippen LogP contribution in [0, 0.1) is 35.5 Å².